The van der Waals surface area contributed by atoms with Gasteiger partial charge in [0.2, 0.25) is 15.0 Å². The molecule has 3 aromatic carbocycles. The number of ether oxygens (including phenoxy) is 4. The van der Waals surface area contributed by atoms with E-state index in [2.05, 4.69) is 0 Å². The first kappa shape index (κ1) is 24.1. The third kappa shape index (κ3) is 3.78. The molecule has 186 valence electrons. The van der Waals surface area contributed by atoms with Crippen molar-refractivity contribution in [3.05, 3.63) is 84.0 Å². The minimum absolute atomic E-state index is 0.133. The second-order valence-electron chi connectivity index (χ2n) is 8.62. The summed E-state index contributed by atoms with van der Waals surface area (Å²) in [6.45, 7) is 0.351. The van der Waals surface area contributed by atoms with Gasteiger partial charge in [-0.3, -0.25) is 0 Å². The van der Waals surface area contributed by atoms with Gasteiger partial charge in [0.15, 0.2) is 11.5 Å². The Morgan fingerprint density at radius 3 is 2.42 bits per heavy atom. The van der Waals surface area contributed by atoms with E-state index in [-0.39, 0.29) is 6.42 Å². The number of rotatable bonds is 6. The Balaban J connectivity index is 1.64. The summed E-state index contributed by atoms with van der Waals surface area (Å²) >= 11 is 0. The van der Waals surface area contributed by atoms with Crippen LogP contribution < -0.4 is 19.3 Å². The van der Waals surface area contributed by atoms with Gasteiger partial charge in [0.05, 0.1) is 14.2 Å². The molecule has 1 aliphatic carbocycles. The molecule has 0 bridgehead atoms. The zero-order chi connectivity index (χ0) is 25.5. The number of allylic oxidation sites excluding steroid dienone is 2. The maximum absolute atomic E-state index is 12.6. The Morgan fingerprint density at radius 1 is 0.917 bits per heavy atom. The first-order chi connectivity index (χ1) is 17.3. The fourth-order valence-electron chi connectivity index (χ4n) is 4.97. The average molecular weight is 506 g/mol. The molecule has 2 N–H and O–H groups in total. The summed E-state index contributed by atoms with van der Waals surface area (Å²) in [6, 6.07) is 17.6. The molecule has 0 saturated heterocycles. The van der Waals surface area contributed by atoms with Crippen molar-refractivity contribution in [2.45, 2.75) is 18.0 Å². The number of hydrogen-bond acceptors (Lipinski definition) is 6. The van der Waals surface area contributed by atoms with Crippen molar-refractivity contribution >= 4 is 15.6 Å². The molecule has 0 radical (unpaired) electrons. The quantitative estimate of drug-likeness (QED) is 0.512. The molecule has 0 fully saturated rings. The van der Waals surface area contributed by atoms with Crippen LogP contribution in [0.15, 0.2) is 72.8 Å². The topological polar surface area (TPSA) is 97.1 Å². The van der Waals surface area contributed by atoms with Gasteiger partial charge in [-0.05, 0) is 52.1 Å². The molecule has 1 aliphatic heterocycles. The maximum Gasteiger partial charge on any atom is 0.243 e. The molecule has 1 unspecified atom stereocenters. The predicted octanol–water partition coefficient (Wildman–Crippen LogP) is 4.90. The van der Waals surface area contributed by atoms with E-state index in [0.717, 1.165) is 33.6 Å². The van der Waals surface area contributed by atoms with Crippen molar-refractivity contribution in [2.24, 2.45) is 5.14 Å². The number of fused-ring (bicyclic) bond motifs is 3. The Labute approximate surface area is 210 Å². The zero-order valence-electron chi connectivity index (χ0n) is 20.3. The predicted molar refractivity (Wildman–Crippen MR) is 139 cm³/mol. The summed E-state index contributed by atoms with van der Waals surface area (Å²) in [7, 11) is 0.527. The number of nitrogens with two attached hydrogens (primary N) is 1. The average Bonchev–Trinajstić information content (AvgIpc) is 2.91. The highest BCUT2D eigenvalue weighted by Gasteiger charge is 2.46. The van der Waals surface area contributed by atoms with Crippen LogP contribution in [0.2, 0.25) is 0 Å². The molecule has 2 aliphatic rings. The molecule has 8 heteroatoms. The van der Waals surface area contributed by atoms with E-state index in [0.29, 0.717) is 29.2 Å². The molecule has 36 heavy (non-hydrogen) atoms. The summed E-state index contributed by atoms with van der Waals surface area (Å²) in [6.07, 6.45) is 5.43. The van der Waals surface area contributed by atoms with E-state index >= 15 is 0 Å². The van der Waals surface area contributed by atoms with Gasteiger partial charge in [0, 0.05) is 24.7 Å². The lowest BCUT2D eigenvalue weighted by Gasteiger charge is -2.34. The van der Waals surface area contributed by atoms with Gasteiger partial charge < -0.3 is 18.9 Å². The Hall–Kier alpha value is -3.59. The summed E-state index contributed by atoms with van der Waals surface area (Å²) in [5.41, 5.74) is 6.05. The summed E-state index contributed by atoms with van der Waals surface area (Å²) in [5.74, 6) is 2.06. The minimum Gasteiger partial charge on any atom is -0.493 e. The molecule has 1 atom stereocenters. The normalized spacial score (nSPS) is 18.5. The van der Waals surface area contributed by atoms with Gasteiger partial charge in [-0.1, -0.05) is 48.6 Å². The second-order valence-corrected chi connectivity index (χ2v) is 10.4. The van der Waals surface area contributed by atoms with Gasteiger partial charge in [-0.15, -0.1) is 0 Å². The molecule has 0 amide bonds. The molecule has 0 spiro atoms. The smallest absolute Gasteiger partial charge is 0.243 e. The van der Waals surface area contributed by atoms with Gasteiger partial charge in [0.1, 0.15) is 12.4 Å². The highest BCUT2D eigenvalue weighted by atomic mass is 32.2. The first-order valence-corrected chi connectivity index (χ1v) is 12.9. The third-order valence-electron chi connectivity index (χ3n) is 6.77. The highest BCUT2D eigenvalue weighted by molar-refractivity contribution is 7.90. The van der Waals surface area contributed by atoms with Crippen LogP contribution >= 0.6 is 0 Å². The highest BCUT2D eigenvalue weighted by Crippen LogP contribution is 2.47. The van der Waals surface area contributed by atoms with E-state index < -0.39 is 15.0 Å². The van der Waals surface area contributed by atoms with Gasteiger partial charge in [-0.2, -0.15) is 0 Å². The van der Waals surface area contributed by atoms with Crippen LogP contribution in [0.25, 0.3) is 27.8 Å². The van der Waals surface area contributed by atoms with Crippen LogP contribution in [0.1, 0.15) is 17.5 Å². The minimum atomic E-state index is -4.06. The summed E-state index contributed by atoms with van der Waals surface area (Å²) in [4.78, 5) is -1.64. The fraction of sp³-hybridized carbons (Fsp3) is 0.214. The Bertz CT molecular complexity index is 1510. The Morgan fingerprint density at radius 2 is 1.69 bits per heavy atom. The molecule has 0 aromatic heterocycles. The van der Waals surface area contributed by atoms with Crippen molar-refractivity contribution < 1.29 is 27.4 Å². The molecule has 0 saturated carbocycles. The van der Waals surface area contributed by atoms with E-state index in [4.69, 9.17) is 24.1 Å². The molecular formula is C28H27NO6S. The number of sulfonamides is 1. The molecule has 7 nitrogen and oxygen atoms in total. The number of benzene rings is 3. The van der Waals surface area contributed by atoms with E-state index in [1.54, 1.807) is 26.4 Å². The van der Waals surface area contributed by atoms with Crippen LogP contribution in [-0.4, -0.2) is 34.7 Å². The number of methoxy groups -OCH3 is 3. The largest absolute Gasteiger partial charge is 0.493 e. The molecule has 3 aromatic rings. The Kier molecular flexibility index (Phi) is 6.12. The lowest BCUT2D eigenvalue weighted by Crippen LogP contribution is -2.46. The van der Waals surface area contributed by atoms with Crippen molar-refractivity contribution in [1.82, 2.24) is 0 Å². The van der Waals surface area contributed by atoms with Crippen molar-refractivity contribution in [3.8, 4) is 39.5 Å². The molecule has 5 rings (SSSR count). The van der Waals surface area contributed by atoms with Crippen molar-refractivity contribution in [2.75, 3.05) is 21.3 Å². The second kappa shape index (κ2) is 9.13. The van der Waals surface area contributed by atoms with Gasteiger partial charge in [0.25, 0.3) is 0 Å². The van der Waals surface area contributed by atoms with Crippen molar-refractivity contribution in [3.63, 3.8) is 0 Å². The molecule has 1 heterocycles. The van der Waals surface area contributed by atoms with Crippen LogP contribution in [0.3, 0.4) is 0 Å². The fourth-order valence-corrected chi connectivity index (χ4v) is 6.03. The van der Waals surface area contributed by atoms with E-state index in [9.17, 15) is 8.42 Å². The maximum atomic E-state index is 12.6. The standard InChI is InChI=1S/C28H27NO6S/c1-32-24-13-11-18(16-26(24)33-2)21-7-6-9-25-27(21)22-12-10-19(15-20(22)17-35-25)23-8-4-5-14-28(23,34-3)36(29,30)31/h4-13,15-16H,14,17H2,1-3H3,(H2,29,30,31). The monoisotopic (exact) mass is 505 g/mol. The summed E-state index contributed by atoms with van der Waals surface area (Å²) in [5, 5.41) is 5.64. The summed E-state index contributed by atoms with van der Waals surface area (Å²) < 4.78 is 47.8. The van der Waals surface area contributed by atoms with E-state index in [1.165, 1.54) is 7.11 Å². The third-order valence-corrected chi connectivity index (χ3v) is 8.25. The lowest BCUT2D eigenvalue weighted by atomic mass is 9.86. The van der Waals surface area contributed by atoms with Gasteiger partial charge >= 0.3 is 0 Å². The van der Waals surface area contributed by atoms with Crippen LogP contribution in [0.4, 0.5) is 0 Å². The van der Waals surface area contributed by atoms with Crippen LogP contribution in [0.5, 0.6) is 17.2 Å². The van der Waals surface area contributed by atoms with Gasteiger partial charge in [-0.25, -0.2) is 13.6 Å². The zero-order valence-corrected chi connectivity index (χ0v) is 21.1. The first-order valence-electron chi connectivity index (χ1n) is 11.4. The van der Waals surface area contributed by atoms with E-state index in [1.807, 2.05) is 60.7 Å². The lowest BCUT2D eigenvalue weighted by molar-refractivity contribution is 0.111. The van der Waals surface area contributed by atoms with Crippen LogP contribution in [0, 0.1) is 0 Å². The van der Waals surface area contributed by atoms with Crippen molar-refractivity contribution in [1.29, 1.82) is 0 Å². The number of hydrogen-bond donors (Lipinski definition) is 1. The SMILES string of the molecule is COc1ccc(-c2cccc3c2-c2ccc(C4=CC=CCC4(OC)S(N)(=O)=O)cc2CO3)cc1OC. The number of primary sulfonamides is 1. The van der Waals surface area contributed by atoms with Crippen LogP contribution in [-0.2, 0) is 21.4 Å². The molecular weight excluding hydrogens is 478 g/mol.